The monoisotopic (exact) mass is 203 g/mol. The third-order valence-electron chi connectivity index (χ3n) is 1.46. The van der Waals surface area contributed by atoms with E-state index in [1.165, 1.54) is 0 Å². The molecule has 0 aliphatic carbocycles. The molecule has 0 saturated heterocycles. The van der Waals surface area contributed by atoms with Crippen LogP contribution in [0.2, 0.25) is 0 Å². The summed E-state index contributed by atoms with van der Waals surface area (Å²) < 4.78 is 0. The van der Waals surface area contributed by atoms with Crippen LogP contribution in [0.5, 0.6) is 0 Å². The Morgan fingerprint density at radius 2 is 1.92 bits per heavy atom. The van der Waals surface area contributed by atoms with E-state index in [9.17, 15) is 4.79 Å². The summed E-state index contributed by atoms with van der Waals surface area (Å²) in [6, 6.07) is -0.157. The highest BCUT2D eigenvalue weighted by atomic mass is 32.1. The van der Waals surface area contributed by atoms with Gasteiger partial charge in [0, 0.05) is 6.04 Å². The molecule has 0 aliphatic heterocycles. The number of nitrogens with one attached hydrogen (secondary N) is 2. The molecule has 0 aromatic carbocycles. The fraction of sp³-hybridized carbons (Fsp3) is 0.750. The van der Waals surface area contributed by atoms with Gasteiger partial charge in [0.1, 0.15) is 0 Å². The second-order valence-corrected chi connectivity index (χ2v) is 4.18. The van der Waals surface area contributed by atoms with E-state index in [2.05, 4.69) is 10.6 Å². The molecule has 0 radical (unpaired) electrons. The molecule has 4 nitrogen and oxygen atoms in total. The molecule has 0 rings (SSSR count). The Balaban J connectivity index is 4.12. The van der Waals surface area contributed by atoms with E-state index in [4.69, 9.17) is 18.0 Å². The Hall–Kier alpha value is -0.840. The lowest BCUT2D eigenvalue weighted by Gasteiger charge is -2.25. The molecule has 0 spiro atoms. The van der Waals surface area contributed by atoms with Crippen molar-refractivity contribution in [2.75, 3.05) is 0 Å². The Labute approximate surface area is 84.3 Å². The molecule has 2 amide bonds. The molecule has 0 unspecified atom stereocenters. The van der Waals surface area contributed by atoms with E-state index in [-0.39, 0.29) is 17.1 Å². The first-order chi connectivity index (χ1) is 5.75. The average Bonchev–Trinajstić information content (AvgIpc) is 1.82. The second-order valence-electron chi connectivity index (χ2n) is 3.74. The minimum absolute atomic E-state index is 0.0992. The van der Waals surface area contributed by atoms with E-state index in [1.807, 2.05) is 13.8 Å². The Morgan fingerprint density at radius 3 is 2.23 bits per heavy atom. The summed E-state index contributed by atoms with van der Waals surface area (Å²) in [6.45, 7) is 7.28. The van der Waals surface area contributed by atoms with Crippen LogP contribution >= 0.6 is 12.2 Å². The van der Waals surface area contributed by atoms with Crippen molar-refractivity contribution in [1.29, 1.82) is 0 Å². The van der Waals surface area contributed by atoms with Crippen LogP contribution < -0.4 is 16.4 Å². The van der Waals surface area contributed by atoms with Crippen LogP contribution in [0, 0.1) is 0 Å². The first-order valence-corrected chi connectivity index (χ1v) is 4.55. The van der Waals surface area contributed by atoms with Crippen molar-refractivity contribution in [3.63, 3.8) is 0 Å². The van der Waals surface area contributed by atoms with Gasteiger partial charge in [0.05, 0.1) is 10.5 Å². The fourth-order valence-electron chi connectivity index (χ4n) is 0.644. The quantitative estimate of drug-likeness (QED) is 0.593. The molecule has 0 atom stereocenters. The van der Waals surface area contributed by atoms with Gasteiger partial charge in [-0.25, -0.2) is 4.79 Å². The van der Waals surface area contributed by atoms with Crippen molar-refractivity contribution in [3.8, 4) is 0 Å². The number of thiocarbonyl (C=S) groups is 1. The summed E-state index contributed by atoms with van der Waals surface area (Å²) in [7, 11) is 0. The lowest BCUT2D eigenvalue weighted by molar-refractivity contribution is 0.233. The van der Waals surface area contributed by atoms with Gasteiger partial charge in [-0.15, -0.1) is 0 Å². The van der Waals surface area contributed by atoms with Gasteiger partial charge in [0.25, 0.3) is 0 Å². The molecular formula is C8H17N3OS. The van der Waals surface area contributed by atoms with Crippen LogP contribution in [-0.4, -0.2) is 22.6 Å². The van der Waals surface area contributed by atoms with E-state index in [0.717, 1.165) is 0 Å². The highest BCUT2D eigenvalue weighted by molar-refractivity contribution is 7.80. The molecule has 76 valence electrons. The standard InChI is InChI=1S/C8H17N3OS/c1-5(2)10-7(12)11-8(3,4)6(9)13/h5H,1-4H3,(H2,9,13)(H2,10,11,12). The zero-order valence-electron chi connectivity index (χ0n) is 8.47. The molecule has 0 aromatic heterocycles. The summed E-state index contributed by atoms with van der Waals surface area (Å²) in [6.07, 6.45) is 0. The molecule has 0 bridgehead atoms. The van der Waals surface area contributed by atoms with Gasteiger partial charge in [-0.05, 0) is 27.7 Å². The highest BCUT2D eigenvalue weighted by Crippen LogP contribution is 2.01. The predicted octanol–water partition coefficient (Wildman–Crippen LogP) is 0.759. The predicted molar refractivity (Wildman–Crippen MR) is 57.7 cm³/mol. The Morgan fingerprint density at radius 1 is 1.46 bits per heavy atom. The van der Waals surface area contributed by atoms with Crippen molar-refractivity contribution < 1.29 is 4.79 Å². The Kier molecular flexibility index (Phi) is 4.13. The van der Waals surface area contributed by atoms with Gasteiger partial charge in [-0.1, -0.05) is 12.2 Å². The first-order valence-electron chi connectivity index (χ1n) is 4.14. The van der Waals surface area contributed by atoms with Gasteiger partial charge in [0.15, 0.2) is 0 Å². The van der Waals surface area contributed by atoms with E-state index in [0.29, 0.717) is 0 Å². The molecule has 0 aliphatic rings. The topological polar surface area (TPSA) is 67.2 Å². The molecule has 13 heavy (non-hydrogen) atoms. The number of carbonyl (C=O) groups is 1. The SMILES string of the molecule is CC(C)NC(=O)NC(C)(C)C(N)=S. The number of carbonyl (C=O) groups excluding carboxylic acids is 1. The number of urea groups is 1. The minimum atomic E-state index is -0.645. The zero-order valence-corrected chi connectivity index (χ0v) is 9.29. The molecule has 0 aromatic rings. The van der Waals surface area contributed by atoms with Crippen LogP contribution in [-0.2, 0) is 0 Å². The molecular weight excluding hydrogens is 186 g/mol. The van der Waals surface area contributed by atoms with E-state index >= 15 is 0 Å². The van der Waals surface area contributed by atoms with Crippen LogP contribution in [0.3, 0.4) is 0 Å². The third-order valence-corrected chi connectivity index (χ3v) is 1.97. The molecule has 0 heterocycles. The maximum absolute atomic E-state index is 11.2. The summed E-state index contributed by atoms with van der Waals surface area (Å²) in [5.41, 5.74) is 4.79. The van der Waals surface area contributed by atoms with Gasteiger partial charge in [0.2, 0.25) is 0 Å². The number of rotatable bonds is 3. The zero-order chi connectivity index (χ0) is 10.6. The van der Waals surface area contributed by atoms with Crippen LogP contribution in [0.1, 0.15) is 27.7 Å². The van der Waals surface area contributed by atoms with Gasteiger partial charge in [-0.2, -0.15) is 0 Å². The van der Waals surface area contributed by atoms with Crippen molar-refractivity contribution in [3.05, 3.63) is 0 Å². The minimum Gasteiger partial charge on any atom is -0.391 e. The third kappa shape index (κ3) is 4.67. The molecule has 5 heteroatoms. The number of hydrogen-bond donors (Lipinski definition) is 3. The number of nitrogens with two attached hydrogens (primary N) is 1. The lowest BCUT2D eigenvalue weighted by atomic mass is 10.1. The Bertz CT molecular complexity index is 213. The second kappa shape index (κ2) is 4.41. The summed E-state index contributed by atoms with van der Waals surface area (Å²) >= 11 is 4.80. The molecule has 4 N–H and O–H groups in total. The van der Waals surface area contributed by atoms with E-state index < -0.39 is 5.54 Å². The molecule has 0 fully saturated rings. The summed E-state index contributed by atoms with van der Waals surface area (Å²) in [5, 5.41) is 5.36. The summed E-state index contributed by atoms with van der Waals surface area (Å²) in [5.74, 6) is 0. The summed E-state index contributed by atoms with van der Waals surface area (Å²) in [4.78, 5) is 11.5. The van der Waals surface area contributed by atoms with Crippen molar-refractivity contribution >= 4 is 23.2 Å². The van der Waals surface area contributed by atoms with Crippen LogP contribution in [0.4, 0.5) is 4.79 Å². The first kappa shape index (κ1) is 12.2. The van der Waals surface area contributed by atoms with Crippen molar-refractivity contribution in [1.82, 2.24) is 10.6 Å². The molecule has 0 saturated carbocycles. The maximum Gasteiger partial charge on any atom is 0.315 e. The van der Waals surface area contributed by atoms with Gasteiger partial charge in [-0.3, -0.25) is 0 Å². The lowest BCUT2D eigenvalue weighted by Crippen LogP contribution is -2.55. The smallest absolute Gasteiger partial charge is 0.315 e. The van der Waals surface area contributed by atoms with Crippen molar-refractivity contribution in [2.24, 2.45) is 5.73 Å². The largest absolute Gasteiger partial charge is 0.391 e. The van der Waals surface area contributed by atoms with Crippen molar-refractivity contribution in [2.45, 2.75) is 39.3 Å². The number of amides is 2. The average molecular weight is 203 g/mol. The van der Waals surface area contributed by atoms with Crippen LogP contribution in [0.15, 0.2) is 0 Å². The van der Waals surface area contributed by atoms with Gasteiger partial charge < -0.3 is 16.4 Å². The fourth-order valence-corrected chi connectivity index (χ4v) is 0.695. The van der Waals surface area contributed by atoms with E-state index in [1.54, 1.807) is 13.8 Å². The number of hydrogen-bond acceptors (Lipinski definition) is 2. The highest BCUT2D eigenvalue weighted by Gasteiger charge is 2.23. The van der Waals surface area contributed by atoms with Crippen LogP contribution in [0.25, 0.3) is 0 Å². The maximum atomic E-state index is 11.2. The van der Waals surface area contributed by atoms with Gasteiger partial charge >= 0.3 is 6.03 Å². The normalized spacial score (nSPS) is 11.2.